The second kappa shape index (κ2) is 17.1. The molecule has 0 bridgehead atoms. The van der Waals surface area contributed by atoms with Crippen LogP contribution in [0.25, 0.3) is 0 Å². The van der Waals surface area contributed by atoms with Gasteiger partial charge in [-0.1, -0.05) is 64.7 Å². The number of hydrogen-bond acceptors (Lipinski definition) is 4. The molecule has 0 aromatic rings. The molecule has 0 radical (unpaired) electrons. The van der Waals surface area contributed by atoms with E-state index in [1.807, 2.05) is 6.26 Å². The van der Waals surface area contributed by atoms with E-state index in [-0.39, 0.29) is 11.9 Å². The Bertz CT molecular complexity index is 324. The minimum Gasteiger partial charge on any atom is -0.464 e. The van der Waals surface area contributed by atoms with Gasteiger partial charge in [0.15, 0.2) is 0 Å². The highest BCUT2D eigenvalue weighted by atomic mass is 32.2. The zero-order valence-electron chi connectivity index (χ0n) is 15.9. The quantitative estimate of drug-likeness (QED) is 0.320. The minimum atomic E-state index is -0.502. The van der Waals surface area contributed by atoms with Crippen LogP contribution >= 0.6 is 11.8 Å². The predicted molar refractivity (Wildman–Crippen MR) is 103 cm³/mol. The van der Waals surface area contributed by atoms with Gasteiger partial charge in [-0.05, 0) is 24.9 Å². The molecular weight excluding hydrogens is 322 g/mol. The average molecular weight is 360 g/mol. The Hall–Kier alpha value is -0.710. The van der Waals surface area contributed by atoms with E-state index in [0.717, 1.165) is 18.6 Å². The van der Waals surface area contributed by atoms with E-state index in [2.05, 4.69) is 12.2 Å². The number of carbonyl (C=O) groups excluding carboxylic acids is 2. The standard InChI is InChI=1S/C19H37NO3S/c1-4-5-6-7-8-9-10-11-12-13-15-23-19(22)18(14-16-24-3)20-17(2)21/h18H,4-16H2,1-3H3,(H,20,21)/t18-/m0/s1. The SMILES string of the molecule is CCCCCCCCCCCCOC(=O)[C@H](CCSC)NC(C)=O. The smallest absolute Gasteiger partial charge is 0.328 e. The molecule has 0 saturated carbocycles. The van der Waals surface area contributed by atoms with Gasteiger partial charge in [0.05, 0.1) is 6.61 Å². The van der Waals surface area contributed by atoms with E-state index in [1.54, 1.807) is 11.8 Å². The van der Waals surface area contributed by atoms with Crippen molar-refractivity contribution in [2.24, 2.45) is 0 Å². The molecule has 0 fully saturated rings. The Morgan fingerprint density at radius 2 is 1.50 bits per heavy atom. The molecule has 5 heteroatoms. The second-order valence-electron chi connectivity index (χ2n) is 6.38. The first-order chi connectivity index (χ1) is 11.6. The van der Waals surface area contributed by atoms with Crippen LogP contribution in [0.3, 0.4) is 0 Å². The molecule has 0 aliphatic heterocycles. The summed E-state index contributed by atoms with van der Waals surface area (Å²) in [4.78, 5) is 23.2. The van der Waals surface area contributed by atoms with Gasteiger partial charge in [-0.15, -0.1) is 0 Å². The number of ether oxygens (including phenoxy) is 1. The van der Waals surface area contributed by atoms with Crippen LogP contribution in [0, 0.1) is 0 Å². The van der Waals surface area contributed by atoms with Crippen LogP contribution in [0.4, 0.5) is 0 Å². The summed E-state index contributed by atoms with van der Waals surface area (Å²) in [7, 11) is 0. The summed E-state index contributed by atoms with van der Waals surface area (Å²) in [5.74, 6) is 0.352. The van der Waals surface area contributed by atoms with Crippen molar-refractivity contribution in [2.75, 3.05) is 18.6 Å². The van der Waals surface area contributed by atoms with Crippen molar-refractivity contribution in [2.45, 2.75) is 90.5 Å². The lowest BCUT2D eigenvalue weighted by Gasteiger charge is -2.16. The lowest BCUT2D eigenvalue weighted by Crippen LogP contribution is -2.41. The van der Waals surface area contributed by atoms with E-state index in [0.29, 0.717) is 13.0 Å². The van der Waals surface area contributed by atoms with Gasteiger partial charge in [0.2, 0.25) is 5.91 Å². The Kier molecular flexibility index (Phi) is 16.6. The fraction of sp³-hybridized carbons (Fsp3) is 0.895. The number of nitrogens with one attached hydrogen (secondary N) is 1. The molecule has 0 rings (SSSR count). The molecule has 142 valence electrons. The van der Waals surface area contributed by atoms with Crippen LogP contribution in [0.2, 0.25) is 0 Å². The highest BCUT2D eigenvalue weighted by Gasteiger charge is 2.20. The van der Waals surface area contributed by atoms with Crippen molar-refractivity contribution in [1.29, 1.82) is 0 Å². The number of carbonyl (C=O) groups is 2. The highest BCUT2D eigenvalue weighted by Crippen LogP contribution is 2.10. The Morgan fingerprint density at radius 3 is 2.00 bits per heavy atom. The van der Waals surface area contributed by atoms with Crippen molar-refractivity contribution in [1.82, 2.24) is 5.32 Å². The minimum absolute atomic E-state index is 0.183. The second-order valence-corrected chi connectivity index (χ2v) is 7.37. The monoisotopic (exact) mass is 359 g/mol. The molecule has 1 atom stereocenters. The first-order valence-electron chi connectivity index (χ1n) is 9.54. The number of thioether (sulfide) groups is 1. The number of unbranched alkanes of at least 4 members (excludes halogenated alkanes) is 9. The van der Waals surface area contributed by atoms with Gasteiger partial charge >= 0.3 is 5.97 Å². The molecule has 1 N–H and O–H groups in total. The third-order valence-corrected chi connectivity index (χ3v) is 4.66. The number of hydrogen-bond donors (Lipinski definition) is 1. The normalized spacial score (nSPS) is 12.0. The van der Waals surface area contributed by atoms with E-state index in [9.17, 15) is 9.59 Å². The van der Waals surface area contributed by atoms with Gasteiger partial charge in [0.25, 0.3) is 0 Å². The zero-order chi connectivity index (χ0) is 18.0. The van der Waals surface area contributed by atoms with Crippen LogP contribution in [0.15, 0.2) is 0 Å². The third-order valence-electron chi connectivity index (χ3n) is 4.01. The molecule has 24 heavy (non-hydrogen) atoms. The molecule has 0 aromatic carbocycles. The van der Waals surface area contributed by atoms with E-state index in [4.69, 9.17) is 4.74 Å². The molecule has 0 heterocycles. The van der Waals surface area contributed by atoms with Crippen molar-refractivity contribution >= 4 is 23.6 Å². The van der Waals surface area contributed by atoms with Gasteiger partial charge in [-0.25, -0.2) is 4.79 Å². The van der Waals surface area contributed by atoms with Crippen molar-refractivity contribution in [3.05, 3.63) is 0 Å². The summed E-state index contributed by atoms with van der Waals surface area (Å²) in [6, 6.07) is -0.502. The van der Waals surface area contributed by atoms with Crippen molar-refractivity contribution in [3.63, 3.8) is 0 Å². The van der Waals surface area contributed by atoms with Crippen LogP contribution in [-0.4, -0.2) is 36.5 Å². The Balaban J connectivity index is 3.59. The highest BCUT2D eigenvalue weighted by molar-refractivity contribution is 7.98. The Labute approximate surface area is 152 Å². The van der Waals surface area contributed by atoms with Gasteiger partial charge in [0, 0.05) is 6.92 Å². The van der Waals surface area contributed by atoms with Crippen molar-refractivity contribution < 1.29 is 14.3 Å². The summed E-state index contributed by atoms with van der Waals surface area (Å²) >= 11 is 1.66. The summed E-state index contributed by atoms with van der Waals surface area (Å²) < 4.78 is 5.31. The maximum atomic E-state index is 12.0. The first kappa shape index (κ1) is 23.3. The number of esters is 1. The van der Waals surface area contributed by atoms with Crippen LogP contribution < -0.4 is 5.32 Å². The zero-order valence-corrected chi connectivity index (χ0v) is 16.7. The topological polar surface area (TPSA) is 55.4 Å². The van der Waals surface area contributed by atoms with Gasteiger partial charge in [-0.3, -0.25) is 4.79 Å². The van der Waals surface area contributed by atoms with Gasteiger partial charge in [0.1, 0.15) is 6.04 Å². The molecule has 0 unspecified atom stereocenters. The third kappa shape index (κ3) is 14.9. The molecule has 0 spiro atoms. The first-order valence-corrected chi connectivity index (χ1v) is 10.9. The summed E-state index contributed by atoms with van der Waals surface area (Å²) in [5, 5.41) is 2.68. The Morgan fingerprint density at radius 1 is 0.958 bits per heavy atom. The molecular formula is C19H37NO3S. The van der Waals surface area contributed by atoms with E-state index >= 15 is 0 Å². The lowest BCUT2D eigenvalue weighted by atomic mass is 10.1. The largest absolute Gasteiger partial charge is 0.464 e. The summed E-state index contributed by atoms with van der Waals surface area (Å²) in [5.41, 5.74) is 0. The van der Waals surface area contributed by atoms with Gasteiger partial charge < -0.3 is 10.1 Å². The van der Waals surface area contributed by atoms with E-state index < -0.39 is 6.04 Å². The summed E-state index contributed by atoms with van der Waals surface area (Å²) in [6.45, 7) is 4.14. The predicted octanol–water partition coefficient (Wildman–Crippen LogP) is 4.71. The number of amides is 1. The molecule has 0 aliphatic carbocycles. The fourth-order valence-electron chi connectivity index (χ4n) is 2.59. The van der Waals surface area contributed by atoms with Crippen LogP contribution in [-0.2, 0) is 14.3 Å². The maximum absolute atomic E-state index is 12.0. The maximum Gasteiger partial charge on any atom is 0.328 e. The summed E-state index contributed by atoms with van der Waals surface area (Å²) in [6.07, 6.45) is 15.2. The molecule has 0 aromatic heterocycles. The molecule has 1 amide bonds. The lowest BCUT2D eigenvalue weighted by molar-refractivity contribution is -0.147. The molecule has 0 aliphatic rings. The average Bonchev–Trinajstić information content (AvgIpc) is 2.55. The fourth-order valence-corrected chi connectivity index (χ4v) is 3.06. The molecule has 0 saturated heterocycles. The van der Waals surface area contributed by atoms with Gasteiger partial charge in [-0.2, -0.15) is 11.8 Å². The van der Waals surface area contributed by atoms with Crippen molar-refractivity contribution in [3.8, 4) is 0 Å². The number of rotatable bonds is 16. The van der Waals surface area contributed by atoms with Crippen LogP contribution in [0.1, 0.15) is 84.5 Å². The molecule has 4 nitrogen and oxygen atoms in total. The van der Waals surface area contributed by atoms with Crippen LogP contribution in [0.5, 0.6) is 0 Å². The van der Waals surface area contributed by atoms with E-state index in [1.165, 1.54) is 58.3 Å².